The van der Waals surface area contributed by atoms with Crippen molar-refractivity contribution in [1.82, 2.24) is 24.6 Å². The zero-order valence-electron chi connectivity index (χ0n) is 13.1. The Morgan fingerprint density at radius 3 is 3.09 bits per heavy atom. The second kappa shape index (κ2) is 5.86. The summed E-state index contributed by atoms with van der Waals surface area (Å²) in [5.41, 5.74) is 2.07. The highest BCUT2D eigenvalue weighted by atomic mass is 32.1. The molecule has 3 aromatic rings. The number of hydrogen-bond acceptors (Lipinski definition) is 7. The molecular formula is C15H18N6OS. The van der Waals surface area contributed by atoms with Crippen LogP contribution in [-0.4, -0.2) is 44.3 Å². The van der Waals surface area contributed by atoms with Crippen molar-refractivity contribution in [2.24, 2.45) is 0 Å². The van der Waals surface area contributed by atoms with Crippen molar-refractivity contribution in [2.75, 3.05) is 24.6 Å². The van der Waals surface area contributed by atoms with Crippen LogP contribution in [0.25, 0.3) is 5.78 Å². The molecule has 120 valence electrons. The molecule has 1 fully saturated rings. The summed E-state index contributed by atoms with van der Waals surface area (Å²) < 4.78 is 7.72. The van der Waals surface area contributed by atoms with Crippen LogP contribution >= 0.6 is 11.3 Å². The van der Waals surface area contributed by atoms with Crippen LogP contribution in [0.1, 0.15) is 29.4 Å². The third-order valence-corrected chi connectivity index (χ3v) is 5.01. The lowest BCUT2D eigenvalue weighted by Gasteiger charge is -2.33. The Kier molecular flexibility index (Phi) is 3.70. The Bertz CT molecular complexity index is 828. The van der Waals surface area contributed by atoms with Crippen LogP contribution in [0.4, 0.5) is 5.82 Å². The van der Waals surface area contributed by atoms with Gasteiger partial charge in [0.1, 0.15) is 23.3 Å². The van der Waals surface area contributed by atoms with E-state index in [2.05, 4.69) is 43.3 Å². The standard InChI is InChI=1S/C15H18N6OS/c1-3-11-6-13(21-15(19-11)16-9-17-21)20-4-5-22-12(7-20)14-18-10(2)8-23-14/h6,8-9,12H,3-5,7H2,1-2H3/t12-/m1/s1. The summed E-state index contributed by atoms with van der Waals surface area (Å²) in [4.78, 5) is 15.6. The van der Waals surface area contributed by atoms with Crippen LogP contribution < -0.4 is 4.90 Å². The summed E-state index contributed by atoms with van der Waals surface area (Å²) in [6.07, 6.45) is 2.42. The monoisotopic (exact) mass is 330 g/mol. The number of rotatable bonds is 3. The predicted molar refractivity (Wildman–Crippen MR) is 87.9 cm³/mol. The maximum Gasteiger partial charge on any atom is 0.254 e. The number of fused-ring (bicyclic) bond motifs is 1. The van der Waals surface area contributed by atoms with Gasteiger partial charge in [-0.1, -0.05) is 6.92 Å². The van der Waals surface area contributed by atoms with Crippen molar-refractivity contribution in [3.05, 3.63) is 34.2 Å². The van der Waals surface area contributed by atoms with Gasteiger partial charge in [0, 0.05) is 29.4 Å². The fraction of sp³-hybridized carbons (Fsp3) is 0.467. The molecule has 0 aliphatic carbocycles. The van der Waals surface area contributed by atoms with E-state index in [4.69, 9.17) is 4.74 Å². The van der Waals surface area contributed by atoms with Crippen molar-refractivity contribution in [2.45, 2.75) is 26.4 Å². The molecule has 0 saturated carbocycles. The van der Waals surface area contributed by atoms with Crippen molar-refractivity contribution in [1.29, 1.82) is 0 Å². The molecule has 3 aromatic heterocycles. The highest BCUT2D eigenvalue weighted by Gasteiger charge is 2.26. The van der Waals surface area contributed by atoms with Gasteiger partial charge in [-0.2, -0.15) is 14.6 Å². The predicted octanol–water partition coefficient (Wildman–Crippen LogP) is 2.03. The molecule has 0 spiro atoms. The fourth-order valence-electron chi connectivity index (χ4n) is 2.78. The molecule has 8 heteroatoms. The van der Waals surface area contributed by atoms with Gasteiger partial charge in [0.25, 0.3) is 5.78 Å². The first-order chi connectivity index (χ1) is 11.2. The maximum absolute atomic E-state index is 5.92. The average Bonchev–Trinajstić information content (AvgIpc) is 3.22. The third-order valence-electron chi connectivity index (χ3n) is 3.95. The van der Waals surface area contributed by atoms with E-state index in [1.807, 2.05) is 6.92 Å². The van der Waals surface area contributed by atoms with Gasteiger partial charge in [-0.25, -0.2) is 9.97 Å². The molecule has 0 radical (unpaired) electrons. The molecule has 0 amide bonds. The summed E-state index contributed by atoms with van der Waals surface area (Å²) in [6, 6.07) is 2.09. The first kappa shape index (κ1) is 14.5. The second-order valence-corrected chi connectivity index (χ2v) is 6.45. The molecule has 4 rings (SSSR count). The number of nitrogens with zero attached hydrogens (tertiary/aromatic N) is 6. The molecule has 0 N–H and O–H groups in total. The van der Waals surface area contributed by atoms with Gasteiger partial charge in [-0.05, 0) is 13.3 Å². The van der Waals surface area contributed by atoms with Gasteiger partial charge < -0.3 is 9.64 Å². The Hall–Kier alpha value is -2.06. The highest BCUT2D eigenvalue weighted by molar-refractivity contribution is 7.09. The van der Waals surface area contributed by atoms with Gasteiger partial charge in [0.15, 0.2) is 0 Å². The van der Waals surface area contributed by atoms with E-state index in [0.717, 1.165) is 41.7 Å². The summed E-state index contributed by atoms with van der Waals surface area (Å²) >= 11 is 1.66. The van der Waals surface area contributed by atoms with Gasteiger partial charge in [-0.15, -0.1) is 11.3 Å². The van der Waals surface area contributed by atoms with E-state index in [9.17, 15) is 0 Å². The first-order valence-electron chi connectivity index (χ1n) is 7.73. The lowest BCUT2D eigenvalue weighted by atomic mass is 10.2. The SMILES string of the molecule is CCc1cc(N2CCO[C@@H](c3nc(C)cs3)C2)n2ncnc2n1. The molecule has 0 bridgehead atoms. The molecule has 0 unspecified atom stereocenters. The van der Waals surface area contributed by atoms with E-state index in [1.165, 1.54) is 0 Å². The first-order valence-corrected chi connectivity index (χ1v) is 8.61. The molecule has 23 heavy (non-hydrogen) atoms. The zero-order valence-corrected chi connectivity index (χ0v) is 14.0. The molecule has 1 aliphatic rings. The summed E-state index contributed by atoms with van der Waals surface area (Å²) in [7, 11) is 0. The maximum atomic E-state index is 5.92. The molecule has 1 atom stereocenters. The fourth-order valence-corrected chi connectivity index (χ4v) is 3.61. The van der Waals surface area contributed by atoms with Crippen LogP contribution in [-0.2, 0) is 11.2 Å². The number of aromatic nitrogens is 5. The normalized spacial score (nSPS) is 18.7. The van der Waals surface area contributed by atoms with Crippen molar-refractivity contribution < 1.29 is 4.74 Å². The minimum Gasteiger partial charge on any atom is -0.367 e. The number of thiazole rings is 1. The van der Waals surface area contributed by atoms with Crippen LogP contribution in [0.5, 0.6) is 0 Å². The van der Waals surface area contributed by atoms with E-state index < -0.39 is 0 Å². The van der Waals surface area contributed by atoms with Crippen molar-refractivity contribution >= 4 is 22.9 Å². The van der Waals surface area contributed by atoms with E-state index in [0.29, 0.717) is 12.4 Å². The number of ether oxygens (including phenoxy) is 1. The van der Waals surface area contributed by atoms with Gasteiger partial charge in [0.2, 0.25) is 0 Å². The quantitative estimate of drug-likeness (QED) is 0.732. The van der Waals surface area contributed by atoms with Crippen LogP contribution in [0.15, 0.2) is 17.8 Å². The van der Waals surface area contributed by atoms with Crippen LogP contribution in [0, 0.1) is 6.92 Å². The molecule has 1 saturated heterocycles. The highest BCUT2D eigenvalue weighted by Crippen LogP contribution is 2.28. The van der Waals surface area contributed by atoms with Gasteiger partial charge in [-0.3, -0.25) is 0 Å². The zero-order chi connectivity index (χ0) is 15.8. The van der Waals surface area contributed by atoms with Crippen molar-refractivity contribution in [3.63, 3.8) is 0 Å². The summed E-state index contributed by atoms with van der Waals surface area (Å²) in [5, 5.41) is 7.42. The summed E-state index contributed by atoms with van der Waals surface area (Å²) in [6.45, 7) is 6.36. The van der Waals surface area contributed by atoms with E-state index in [-0.39, 0.29) is 6.10 Å². The second-order valence-electron chi connectivity index (χ2n) is 5.56. The number of aryl methyl sites for hydroxylation is 2. The Balaban J connectivity index is 1.68. The lowest BCUT2D eigenvalue weighted by Crippen LogP contribution is -2.39. The van der Waals surface area contributed by atoms with Gasteiger partial charge >= 0.3 is 0 Å². The average molecular weight is 330 g/mol. The lowest BCUT2D eigenvalue weighted by molar-refractivity contribution is 0.0391. The minimum absolute atomic E-state index is 0.000682. The van der Waals surface area contributed by atoms with Crippen LogP contribution in [0.3, 0.4) is 0 Å². The van der Waals surface area contributed by atoms with E-state index in [1.54, 1.807) is 22.2 Å². The topological polar surface area (TPSA) is 68.4 Å². The molecule has 0 aromatic carbocycles. The summed E-state index contributed by atoms with van der Waals surface area (Å²) in [5.74, 6) is 1.67. The molecule has 7 nitrogen and oxygen atoms in total. The largest absolute Gasteiger partial charge is 0.367 e. The number of anilines is 1. The minimum atomic E-state index is -0.000682. The Morgan fingerprint density at radius 2 is 2.30 bits per heavy atom. The van der Waals surface area contributed by atoms with E-state index >= 15 is 0 Å². The number of hydrogen-bond donors (Lipinski definition) is 0. The molecular weight excluding hydrogens is 312 g/mol. The molecule has 1 aliphatic heterocycles. The Morgan fingerprint density at radius 1 is 1.39 bits per heavy atom. The molecule has 4 heterocycles. The smallest absolute Gasteiger partial charge is 0.254 e. The Labute approximate surface area is 138 Å². The van der Waals surface area contributed by atoms with Gasteiger partial charge in [0.05, 0.1) is 13.2 Å². The number of morpholine rings is 1. The van der Waals surface area contributed by atoms with Crippen LogP contribution in [0.2, 0.25) is 0 Å². The third kappa shape index (κ3) is 2.68. The van der Waals surface area contributed by atoms with Crippen molar-refractivity contribution in [3.8, 4) is 0 Å².